The smallest absolute Gasteiger partial charge is 0.292 e. The Morgan fingerprint density at radius 3 is 3.00 bits per heavy atom. The van der Waals surface area contributed by atoms with Crippen molar-refractivity contribution in [2.75, 3.05) is 13.7 Å². The van der Waals surface area contributed by atoms with Crippen molar-refractivity contribution in [3.8, 4) is 17.1 Å². The van der Waals surface area contributed by atoms with Gasteiger partial charge in [-0.2, -0.15) is 0 Å². The number of aromatic amines is 1. The molecule has 0 unspecified atom stereocenters. The number of aromatic nitrogens is 3. The number of carbonyl (C=O) groups excluding carboxylic acids is 1. The highest BCUT2D eigenvalue weighted by molar-refractivity contribution is 5.91. The number of nitrogens with one attached hydrogen (secondary N) is 1. The van der Waals surface area contributed by atoms with Crippen molar-refractivity contribution in [2.24, 2.45) is 0 Å². The molecule has 2 aromatic heterocycles. The maximum atomic E-state index is 12.5. The monoisotopic (exact) mass is 338 g/mol. The average Bonchev–Trinajstić information content (AvgIpc) is 3.26. The Bertz CT molecular complexity index is 928. The van der Waals surface area contributed by atoms with Crippen molar-refractivity contribution in [1.29, 1.82) is 0 Å². The van der Waals surface area contributed by atoms with E-state index in [1.54, 1.807) is 25.0 Å². The van der Waals surface area contributed by atoms with Gasteiger partial charge in [-0.15, -0.1) is 0 Å². The Morgan fingerprint density at radius 2 is 2.24 bits per heavy atom. The Morgan fingerprint density at radius 1 is 1.36 bits per heavy atom. The molecule has 1 N–H and O–H groups in total. The number of hydrogen-bond donors (Lipinski definition) is 1. The van der Waals surface area contributed by atoms with E-state index in [4.69, 9.17) is 9.26 Å². The Hall–Kier alpha value is -3.09. The zero-order valence-electron chi connectivity index (χ0n) is 14.1. The summed E-state index contributed by atoms with van der Waals surface area (Å²) in [6.07, 6.45) is 0.703. The predicted molar refractivity (Wildman–Crippen MR) is 90.3 cm³/mol. The highest BCUT2D eigenvalue weighted by Gasteiger charge is 2.26. The molecule has 3 aromatic rings. The van der Waals surface area contributed by atoms with Crippen LogP contribution >= 0.6 is 0 Å². The first-order valence-corrected chi connectivity index (χ1v) is 8.09. The summed E-state index contributed by atoms with van der Waals surface area (Å²) in [5, 5.41) is 3.78. The van der Waals surface area contributed by atoms with Gasteiger partial charge in [-0.1, -0.05) is 17.3 Å². The van der Waals surface area contributed by atoms with Crippen LogP contribution in [-0.4, -0.2) is 39.6 Å². The molecule has 0 atom stereocenters. The second-order valence-corrected chi connectivity index (χ2v) is 6.05. The third kappa shape index (κ3) is 2.88. The minimum atomic E-state index is -0.149. The number of imidazole rings is 1. The molecular formula is C18H18N4O3. The van der Waals surface area contributed by atoms with Gasteiger partial charge in [0.2, 0.25) is 5.76 Å². The van der Waals surface area contributed by atoms with Crippen LogP contribution in [0.2, 0.25) is 0 Å². The summed E-state index contributed by atoms with van der Waals surface area (Å²) in [5.74, 6) is 1.69. The van der Waals surface area contributed by atoms with Gasteiger partial charge in [0.1, 0.15) is 11.6 Å². The van der Waals surface area contributed by atoms with Crippen LogP contribution in [0.4, 0.5) is 0 Å². The van der Waals surface area contributed by atoms with E-state index in [0.717, 1.165) is 28.5 Å². The molecule has 0 saturated heterocycles. The lowest BCUT2D eigenvalue weighted by Gasteiger charge is -2.24. The molecule has 1 aromatic carbocycles. The van der Waals surface area contributed by atoms with Crippen molar-refractivity contribution in [2.45, 2.75) is 19.9 Å². The number of fused-ring (bicyclic) bond motifs is 1. The van der Waals surface area contributed by atoms with E-state index in [-0.39, 0.29) is 11.7 Å². The number of nitrogens with zero attached hydrogens (tertiary/aromatic N) is 3. The van der Waals surface area contributed by atoms with Crippen molar-refractivity contribution >= 4 is 5.91 Å². The number of methoxy groups -OCH3 is 1. The quantitative estimate of drug-likeness (QED) is 0.793. The summed E-state index contributed by atoms with van der Waals surface area (Å²) >= 11 is 0. The molecule has 0 saturated carbocycles. The van der Waals surface area contributed by atoms with Crippen molar-refractivity contribution < 1.29 is 14.1 Å². The minimum Gasteiger partial charge on any atom is -0.497 e. The topological polar surface area (TPSA) is 84.2 Å². The fourth-order valence-electron chi connectivity index (χ4n) is 2.99. The fraction of sp³-hybridized carbons (Fsp3) is 0.278. The second-order valence-electron chi connectivity index (χ2n) is 6.05. The van der Waals surface area contributed by atoms with E-state index in [2.05, 4.69) is 15.1 Å². The van der Waals surface area contributed by atoms with Crippen LogP contribution in [-0.2, 0) is 13.0 Å². The lowest BCUT2D eigenvalue weighted by molar-refractivity contribution is 0.0689. The molecule has 1 aliphatic heterocycles. The van der Waals surface area contributed by atoms with Crippen molar-refractivity contribution in [3.63, 3.8) is 0 Å². The fourth-order valence-corrected chi connectivity index (χ4v) is 2.99. The third-order valence-corrected chi connectivity index (χ3v) is 4.30. The lowest BCUT2D eigenvalue weighted by atomic mass is 10.1. The Labute approximate surface area is 144 Å². The van der Waals surface area contributed by atoms with E-state index >= 15 is 0 Å². The molecule has 7 heteroatoms. The molecule has 4 rings (SSSR count). The largest absolute Gasteiger partial charge is 0.497 e. The summed E-state index contributed by atoms with van der Waals surface area (Å²) in [5.41, 5.74) is 3.60. The normalized spacial score (nSPS) is 13.6. The van der Waals surface area contributed by atoms with Gasteiger partial charge in [-0.3, -0.25) is 4.79 Å². The molecule has 1 amide bonds. The molecule has 0 fully saturated rings. The number of aryl methyl sites for hydroxylation is 1. The van der Waals surface area contributed by atoms with E-state index in [1.165, 1.54) is 0 Å². The van der Waals surface area contributed by atoms with Crippen LogP contribution in [0.25, 0.3) is 11.4 Å². The molecule has 128 valence electrons. The zero-order valence-corrected chi connectivity index (χ0v) is 14.1. The van der Waals surface area contributed by atoms with Gasteiger partial charge in [0.15, 0.2) is 0 Å². The van der Waals surface area contributed by atoms with Gasteiger partial charge >= 0.3 is 0 Å². The third-order valence-electron chi connectivity index (χ3n) is 4.30. The summed E-state index contributed by atoms with van der Waals surface area (Å²) in [6, 6.07) is 9.40. The molecule has 7 nitrogen and oxygen atoms in total. The van der Waals surface area contributed by atoms with Gasteiger partial charge in [0, 0.05) is 24.6 Å². The number of amides is 1. The van der Waals surface area contributed by atoms with Crippen LogP contribution in [0.15, 0.2) is 34.9 Å². The lowest BCUT2D eigenvalue weighted by Crippen LogP contribution is -2.35. The van der Waals surface area contributed by atoms with Gasteiger partial charge in [0.05, 0.1) is 30.7 Å². The first-order chi connectivity index (χ1) is 12.1. The van der Waals surface area contributed by atoms with Gasteiger partial charge < -0.3 is 19.1 Å². The molecule has 0 radical (unpaired) electrons. The van der Waals surface area contributed by atoms with Gasteiger partial charge in [-0.25, -0.2) is 4.98 Å². The Balaban J connectivity index is 1.57. The molecule has 0 spiro atoms. The zero-order chi connectivity index (χ0) is 17.4. The standard InChI is InChI=1S/C18H18N4O3/c1-11-8-16(25-21-11)18(23)22-7-6-14-15(10-22)20-17(19-14)12-4-3-5-13(9-12)24-2/h3-5,8-9H,6-7,10H2,1-2H3,(H,19,20). The highest BCUT2D eigenvalue weighted by Crippen LogP contribution is 2.26. The van der Waals surface area contributed by atoms with Gasteiger partial charge in [0.25, 0.3) is 5.91 Å². The van der Waals surface area contributed by atoms with Crippen LogP contribution in [0, 0.1) is 6.92 Å². The van der Waals surface area contributed by atoms with E-state index in [9.17, 15) is 4.79 Å². The number of carbonyl (C=O) groups is 1. The summed E-state index contributed by atoms with van der Waals surface area (Å²) < 4.78 is 10.4. The SMILES string of the molecule is COc1cccc(-c2nc3c([nH]2)CN(C(=O)c2cc(C)no2)CC3)c1. The average molecular weight is 338 g/mol. The maximum absolute atomic E-state index is 12.5. The van der Waals surface area contributed by atoms with Crippen molar-refractivity contribution in [1.82, 2.24) is 20.0 Å². The molecule has 25 heavy (non-hydrogen) atoms. The van der Waals surface area contributed by atoms with Crippen LogP contribution in [0.1, 0.15) is 27.6 Å². The minimum absolute atomic E-state index is 0.149. The van der Waals surface area contributed by atoms with E-state index < -0.39 is 0 Å². The summed E-state index contributed by atoms with van der Waals surface area (Å²) in [4.78, 5) is 22.3. The van der Waals surface area contributed by atoms with Crippen LogP contribution in [0.3, 0.4) is 0 Å². The summed E-state index contributed by atoms with van der Waals surface area (Å²) in [7, 11) is 1.64. The van der Waals surface area contributed by atoms with E-state index in [1.807, 2.05) is 24.3 Å². The first kappa shape index (κ1) is 15.4. The molecule has 1 aliphatic rings. The van der Waals surface area contributed by atoms with Gasteiger partial charge in [-0.05, 0) is 19.1 Å². The number of benzene rings is 1. The molecule has 0 aliphatic carbocycles. The van der Waals surface area contributed by atoms with Crippen LogP contribution in [0.5, 0.6) is 5.75 Å². The second kappa shape index (κ2) is 6.08. The van der Waals surface area contributed by atoms with Crippen molar-refractivity contribution in [3.05, 3.63) is 53.2 Å². The number of H-pyrrole nitrogens is 1. The highest BCUT2D eigenvalue weighted by atomic mass is 16.5. The number of rotatable bonds is 3. The molecule has 3 heterocycles. The van der Waals surface area contributed by atoms with E-state index in [0.29, 0.717) is 25.2 Å². The summed E-state index contributed by atoms with van der Waals surface area (Å²) in [6.45, 7) is 2.88. The maximum Gasteiger partial charge on any atom is 0.292 e. The first-order valence-electron chi connectivity index (χ1n) is 8.09. The number of ether oxygens (including phenoxy) is 1. The number of hydrogen-bond acceptors (Lipinski definition) is 5. The molecule has 0 bridgehead atoms. The van der Waals surface area contributed by atoms with Crippen LogP contribution < -0.4 is 4.74 Å². The Kier molecular flexibility index (Phi) is 3.76. The molecular weight excluding hydrogens is 320 g/mol. The predicted octanol–water partition coefficient (Wildman–Crippen LogP) is 2.58.